The predicted molar refractivity (Wildman–Crippen MR) is 94.0 cm³/mol. The van der Waals surface area contributed by atoms with Crippen molar-refractivity contribution in [2.75, 3.05) is 31.1 Å². The lowest BCUT2D eigenvalue weighted by atomic mass is 9.95. The van der Waals surface area contributed by atoms with Crippen molar-refractivity contribution in [1.82, 2.24) is 10.2 Å². The van der Waals surface area contributed by atoms with Crippen LogP contribution in [0.2, 0.25) is 0 Å². The van der Waals surface area contributed by atoms with Crippen LogP contribution in [-0.4, -0.2) is 58.0 Å². The van der Waals surface area contributed by atoms with Gasteiger partial charge in [0.2, 0.25) is 0 Å². The number of hydrogen-bond donors (Lipinski definition) is 1. The van der Waals surface area contributed by atoms with Crippen LogP contribution in [0.4, 0.5) is 4.79 Å². The van der Waals surface area contributed by atoms with Crippen molar-refractivity contribution in [3.63, 3.8) is 0 Å². The number of piperidine rings is 1. The molecule has 134 valence electrons. The fraction of sp³-hybridized carbons (Fsp3) is 0.941. The molecule has 23 heavy (non-hydrogen) atoms. The molecule has 2 heterocycles. The zero-order valence-electron chi connectivity index (χ0n) is 14.8. The summed E-state index contributed by atoms with van der Waals surface area (Å²) in [7, 11) is -0.587. The molecule has 2 rings (SSSR count). The van der Waals surface area contributed by atoms with E-state index >= 15 is 0 Å². The maximum absolute atomic E-state index is 12.2. The lowest BCUT2D eigenvalue weighted by Crippen LogP contribution is -2.44. The molecule has 1 atom stereocenters. The van der Waals surface area contributed by atoms with E-state index in [9.17, 15) is 9.00 Å². The average Bonchev–Trinajstić information content (AvgIpc) is 2.48. The van der Waals surface area contributed by atoms with Gasteiger partial charge in [0.1, 0.15) is 5.60 Å². The van der Waals surface area contributed by atoms with Gasteiger partial charge in [0.15, 0.2) is 0 Å². The summed E-state index contributed by atoms with van der Waals surface area (Å²) in [6.45, 7) is 8.34. The Morgan fingerprint density at radius 2 is 1.96 bits per heavy atom. The number of carbonyl (C=O) groups excluding carboxylic acids is 1. The first-order valence-corrected chi connectivity index (χ1v) is 10.4. The lowest BCUT2D eigenvalue weighted by molar-refractivity contribution is 0.0161. The van der Waals surface area contributed by atoms with Gasteiger partial charge in [-0.1, -0.05) is 0 Å². The topological polar surface area (TPSA) is 58.6 Å². The molecular weight excluding hydrogens is 312 g/mol. The maximum Gasteiger partial charge on any atom is 0.410 e. The number of carbonyl (C=O) groups is 1. The summed E-state index contributed by atoms with van der Waals surface area (Å²) < 4.78 is 16.8. The molecule has 1 unspecified atom stereocenters. The summed E-state index contributed by atoms with van der Waals surface area (Å²) in [4.78, 5) is 14.0. The molecule has 2 aliphatic heterocycles. The van der Waals surface area contributed by atoms with Crippen molar-refractivity contribution in [1.29, 1.82) is 0 Å². The number of amides is 1. The summed E-state index contributed by atoms with van der Waals surface area (Å²) in [5, 5.41) is 3.60. The molecule has 0 saturated carbocycles. The molecule has 0 bridgehead atoms. The third kappa shape index (κ3) is 6.79. The van der Waals surface area contributed by atoms with Crippen LogP contribution in [0.5, 0.6) is 0 Å². The van der Waals surface area contributed by atoms with E-state index in [2.05, 4.69) is 5.32 Å². The Kier molecular flexibility index (Phi) is 6.89. The number of ether oxygens (including phenoxy) is 1. The molecule has 0 aromatic rings. The zero-order chi connectivity index (χ0) is 16.9. The van der Waals surface area contributed by atoms with E-state index in [1.165, 1.54) is 6.42 Å². The Hall–Kier alpha value is -0.620. The van der Waals surface area contributed by atoms with Crippen LogP contribution in [-0.2, 0) is 15.5 Å². The van der Waals surface area contributed by atoms with Crippen LogP contribution < -0.4 is 5.32 Å². The van der Waals surface area contributed by atoms with Crippen LogP contribution in [0.25, 0.3) is 0 Å². The van der Waals surface area contributed by atoms with E-state index in [-0.39, 0.29) is 6.09 Å². The van der Waals surface area contributed by atoms with E-state index in [0.717, 1.165) is 56.8 Å². The van der Waals surface area contributed by atoms with Crippen LogP contribution in [0.3, 0.4) is 0 Å². The normalized spacial score (nSPS) is 29.3. The zero-order valence-corrected chi connectivity index (χ0v) is 15.6. The van der Waals surface area contributed by atoms with Gasteiger partial charge in [0, 0.05) is 41.4 Å². The van der Waals surface area contributed by atoms with Gasteiger partial charge in [-0.25, -0.2) is 4.79 Å². The third-order valence-corrected chi connectivity index (χ3v) is 5.93. The van der Waals surface area contributed by atoms with E-state index in [1.54, 1.807) is 0 Å². The monoisotopic (exact) mass is 344 g/mol. The minimum absolute atomic E-state index is 0.176. The highest BCUT2D eigenvalue weighted by molar-refractivity contribution is 7.85. The molecule has 1 N–H and O–H groups in total. The highest BCUT2D eigenvalue weighted by atomic mass is 32.2. The predicted octanol–water partition coefficient (Wildman–Crippen LogP) is 2.52. The Morgan fingerprint density at radius 3 is 2.61 bits per heavy atom. The average molecular weight is 345 g/mol. The summed E-state index contributed by atoms with van der Waals surface area (Å²) in [5.41, 5.74) is -0.424. The Balaban J connectivity index is 1.67. The second-order valence-corrected chi connectivity index (χ2v) is 9.50. The first-order chi connectivity index (χ1) is 10.8. The van der Waals surface area contributed by atoms with Crippen LogP contribution >= 0.6 is 0 Å². The van der Waals surface area contributed by atoms with Gasteiger partial charge >= 0.3 is 6.09 Å². The molecule has 0 radical (unpaired) electrons. The summed E-state index contributed by atoms with van der Waals surface area (Å²) in [6, 6.07) is 0.526. The Morgan fingerprint density at radius 1 is 1.26 bits per heavy atom. The molecule has 2 fully saturated rings. The minimum atomic E-state index is -0.587. The number of nitrogens with one attached hydrogen (secondary N) is 1. The smallest absolute Gasteiger partial charge is 0.410 e. The van der Waals surface area contributed by atoms with Gasteiger partial charge < -0.3 is 15.0 Å². The highest BCUT2D eigenvalue weighted by Crippen LogP contribution is 2.21. The van der Waals surface area contributed by atoms with Gasteiger partial charge in [0.25, 0.3) is 0 Å². The van der Waals surface area contributed by atoms with Crippen LogP contribution in [0, 0.1) is 5.92 Å². The van der Waals surface area contributed by atoms with Gasteiger partial charge in [0.05, 0.1) is 0 Å². The molecule has 0 aliphatic carbocycles. The van der Waals surface area contributed by atoms with Crippen LogP contribution in [0.1, 0.15) is 52.9 Å². The van der Waals surface area contributed by atoms with E-state index in [0.29, 0.717) is 12.0 Å². The summed E-state index contributed by atoms with van der Waals surface area (Å²) in [5.74, 6) is 2.24. The molecule has 5 nitrogen and oxygen atoms in total. The third-order valence-electron chi connectivity index (χ3n) is 4.54. The SMILES string of the molecule is CC(C)(C)OC(=O)N1CCCC(CCNC2CCS(=O)CC2)C1. The summed E-state index contributed by atoms with van der Waals surface area (Å²) in [6.07, 6.45) is 5.23. The quantitative estimate of drug-likeness (QED) is 0.851. The van der Waals surface area contributed by atoms with Crippen molar-refractivity contribution in [2.45, 2.75) is 64.5 Å². The van der Waals surface area contributed by atoms with Crippen molar-refractivity contribution >= 4 is 16.9 Å². The lowest BCUT2D eigenvalue weighted by Gasteiger charge is -2.34. The van der Waals surface area contributed by atoms with Gasteiger partial charge in [-0.3, -0.25) is 4.21 Å². The molecule has 2 aliphatic rings. The second kappa shape index (κ2) is 8.47. The second-order valence-electron chi connectivity index (χ2n) is 7.80. The van der Waals surface area contributed by atoms with Crippen molar-refractivity contribution in [2.24, 2.45) is 5.92 Å². The van der Waals surface area contributed by atoms with Gasteiger partial charge in [-0.15, -0.1) is 0 Å². The van der Waals surface area contributed by atoms with Gasteiger partial charge in [-0.2, -0.15) is 0 Å². The minimum Gasteiger partial charge on any atom is -0.444 e. The summed E-state index contributed by atoms with van der Waals surface area (Å²) >= 11 is 0. The maximum atomic E-state index is 12.2. The van der Waals surface area contributed by atoms with E-state index in [1.807, 2.05) is 25.7 Å². The van der Waals surface area contributed by atoms with Crippen molar-refractivity contribution in [3.8, 4) is 0 Å². The Bertz CT molecular complexity index is 413. The number of rotatable bonds is 4. The van der Waals surface area contributed by atoms with Crippen molar-refractivity contribution in [3.05, 3.63) is 0 Å². The van der Waals surface area contributed by atoms with Crippen LogP contribution in [0.15, 0.2) is 0 Å². The van der Waals surface area contributed by atoms with E-state index in [4.69, 9.17) is 4.74 Å². The fourth-order valence-electron chi connectivity index (χ4n) is 3.28. The van der Waals surface area contributed by atoms with Gasteiger partial charge in [-0.05, 0) is 65.3 Å². The number of likely N-dealkylation sites (tertiary alicyclic amines) is 1. The Labute approximate surface area is 143 Å². The highest BCUT2D eigenvalue weighted by Gasteiger charge is 2.27. The fourth-order valence-corrected chi connectivity index (χ4v) is 4.58. The molecule has 0 aromatic heterocycles. The number of nitrogens with zero attached hydrogens (tertiary/aromatic N) is 1. The van der Waals surface area contributed by atoms with E-state index < -0.39 is 16.4 Å². The standard InChI is InChI=1S/C17H32N2O3S/c1-17(2,3)22-16(20)19-10-4-5-14(13-19)6-9-18-15-7-11-23(21)12-8-15/h14-15,18H,4-13H2,1-3H3. The van der Waals surface area contributed by atoms with Crippen molar-refractivity contribution < 1.29 is 13.7 Å². The molecular formula is C17H32N2O3S. The molecule has 6 heteroatoms. The largest absolute Gasteiger partial charge is 0.444 e. The number of hydrogen-bond acceptors (Lipinski definition) is 4. The molecule has 0 spiro atoms. The first kappa shape index (κ1) is 18.7. The first-order valence-electron chi connectivity index (χ1n) is 8.90. The molecule has 2 saturated heterocycles. The molecule has 0 aromatic carbocycles. The molecule has 1 amide bonds.